The van der Waals surface area contributed by atoms with Gasteiger partial charge in [-0.2, -0.15) is 0 Å². The summed E-state index contributed by atoms with van der Waals surface area (Å²) in [6.45, 7) is 0. The van der Waals surface area contributed by atoms with Crippen molar-refractivity contribution < 1.29 is 13.9 Å². The fraction of sp³-hybridized carbons (Fsp3) is 0.0667. The number of methoxy groups -OCH3 is 1. The van der Waals surface area contributed by atoms with Gasteiger partial charge in [0.25, 0.3) is 0 Å². The molecule has 0 aliphatic rings. The molecule has 2 heterocycles. The van der Waals surface area contributed by atoms with Gasteiger partial charge in [-0.1, -0.05) is 0 Å². The lowest BCUT2D eigenvalue weighted by atomic mass is 10.1. The average Bonchev–Trinajstić information content (AvgIpc) is 2.91. The maximum absolute atomic E-state index is 10.9. The molecule has 94 valence electrons. The zero-order chi connectivity index (χ0) is 13.2. The Morgan fingerprint density at radius 3 is 2.89 bits per heavy atom. The van der Waals surface area contributed by atoms with E-state index < -0.39 is 0 Å². The number of hydrogen-bond acceptors (Lipinski definition) is 4. The van der Waals surface area contributed by atoms with Crippen molar-refractivity contribution in [3.05, 3.63) is 48.3 Å². The SMILES string of the molecule is COc1cc(C=O)cc2cc(-c3cccnc3)oc12. The summed E-state index contributed by atoms with van der Waals surface area (Å²) >= 11 is 0. The first kappa shape index (κ1) is 11.5. The molecule has 4 heteroatoms. The van der Waals surface area contributed by atoms with Crippen molar-refractivity contribution in [2.45, 2.75) is 0 Å². The minimum absolute atomic E-state index is 0.551. The van der Waals surface area contributed by atoms with Crippen LogP contribution in [-0.2, 0) is 0 Å². The van der Waals surface area contributed by atoms with E-state index in [0.717, 1.165) is 17.2 Å². The summed E-state index contributed by atoms with van der Waals surface area (Å²) in [5, 5.41) is 0.834. The number of benzene rings is 1. The summed E-state index contributed by atoms with van der Waals surface area (Å²) in [5.41, 5.74) is 2.07. The van der Waals surface area contributed by atoms with E-state index in [0.29, 0.717) is 22.7 Å². The van der Waals surface area contributed by atoms with Gasteiger partial charge in [0.2, 0.25) is 0 Å². The van der Waals surface area contributed by atoms with E-state index in [1.165, 1.54) is 0 Å². The van der Waals surface area contributed by atoms with Gasteiger partial charge < -0.3 is 9.15 Å². The van der Waals surface area contributed by atoms with Crippen molar-refractivity contribution in [1.82, 2.24) is 4.98 Å². The van der Waals surface area contributed by atoms with Crippen LogP contribution in [0.2, 0.25) is 0 Å². The van der Waals surface area contributed by atoms with Crippen LogP contribution >= 0.6 is 0 Å². The zero-order valence-corrected chi connectivity index (χ0v) is 10.3. The van der Waals surface area contributed by atoms with Crippen LogP contribution in [-0.4, -0.2) is 18.4 Å². The molecule has 0 saturated carbocycles. The molecule has 0 aliphatic carbocycles. The number of nitrogens with zero attached hydrogens (tertiary/aromatic N) is 1. The van der Waals surface area contributed by atoms with E-state index >= 15 is 0 Å². The quantitative estimate of drug-likeness (QED) is 0.672. The van der Waals surface area contributed by atoms with E-state index in [-0.39, 0.29) is 0 Å². The first-order chi connectivity index (χ1) is 9.31. The second-order valence-electron chi connectivity index (χ2n) is 4.11. The van der Waals surface area contributed by atoms with Gasteiger partial charge in [-0.05, 0) is 30.3 Å². The Morgan fingerprint density at radius 1 is 1.32 bits per heavy atom. The normalized spacial score (nSPS) is 10.6. The smallest absolute Gasteiger partial charge is 0.176 e. The standard InChI is InChI=1S/C15H11NO3/c1-18-14-6-10(9-17)5-12-7-13(19-15(12)14)11-3-2-4-16-8-11/h2-9H,1H3. The molecule has 0 aliphatic heterocycles. The van der Waals surface area contributed by atoms with Crippen molar-refractivity contribution >= 4 is 17.3 Å². The van der Waals surface area contributed by atoms with Gasteiger partial charge in [0.15, 0.2) is 11.3 Å². The average molecular weight is 253 g/mol. The fourth-order valence-electron chi connectivity index (χ4n) is 2.01. The molecule has 0 bridgehead atoms. The van der Waals surface area contributed by atoms with Crippen LogP contribution < -0.4 is 4.74 Å². The Bertz CT molecular complexity index is 732. The molecule has 1 aromatic carbocycles. The van der Waals surface area contributed by atoms with Gasteiger partial charge >= 0.3 is 0 Å². The lowest BCUT2D eigenvalue weighted by Crippen LogP contribution is -1.86. The molecule has 2 aromatic heterocycles. The van der Waals surface area contributed by atoms with Crippen LogP contribution in [0.3, 0.4) is 0 Å². The fourth-order valence-corrected chi connectivity index (χ4v) is 2.01. The maximum Gasteiger partial charge on any atom is 0.176 e. The number of pyridine rings is 1. The highest BCUT2D eigenvalue weighted by atomic mass is 16.5. The highest BCUT2D eigenvalue weighted by Crippen LogP contribution is 2.33. The summed E-state index contributed by atoms with van der Waals surface area (Å²) < 4.78 is 11.0. The van der Waals surface area contributed by atoms with Gasteiger partial charge in [0.05, 0.1) is 7.11 Å². The van der Waals surface area contributed by atoms with Crippen LogP contribution in [0.1, 0.15) is 10.4 Å². The van der Waals surface area contributed by atoms with Gasteiger partial charge in [0.1, 0.15) is 12.0 Å². The van der Waals surface area contributed by atoms with Crippen LogP contribution in [0.5, 0.6) is 5.75 Å². The number of ether oxygens (including phenoxy) is 1. The molecule has 0 N–H and O–H groups in total. The summed E-state index contributed by atoms with van der Waals surface area (Å²) in [6, 6.07) is 9.07. The van der Waals surface area contributed by atoms with Crippen molar-refractivity contribution in [3.8, 4) is 17.1 Å². The van der Waals surface area contributed by atoms with Gasteiger partial charge in [0, 0.05) is 28.9 Å². The highest BCUT2D eigenvalue weighted by Gasteiger charge is 2.12. The van der Waals surface area contributed by atoms with Gasteiger partial charge in [-0.3, -0.25) is 9.78 Å². The largest absolute Gasteiger partial charge is 0.493 e. The summed E-state index contributed by atoms with van der Waals surface area (Å²) in [7, 11) is 1.55. The molecule has 19 heavy (non-hydrogen) atoms. The number of carbonyl (C=O) groups excluding carboxylic acids is 1. The van der Waals surface area contributed by atoms with Crippen molar-refractivity contribution in [2.75, 3.05) is 7.11 Å². The predicted molar refractivity (Wildman–Crippen MR) is 71.4 cm³/mol. The first-order valence-electron chi connectivity index (χ1n) is 5.79. The molecule has 0 unspecified atom stereocenters. The molecule has 0 spiro atoms. The molecular weight excluding hydrogens is 242 g/mol. The molecule has 0 saturated heterocycles. The topological polar surface area (TPSA) is 52.3 Å². The molecule has 0 fully saturated rings. The second kappa shape index (κ2) is 4.57. The molecule has 3 rings (SSSR count). The van der Waals surface area contributed by atoms with Gasteiger partial charge in [-0.25, -0.2) is 0 Å². The third-order valence-electron chi connectivity index (χ3n) is 2.91. The predicted octanol–water partition coefficient (Wildman–Crippen LogP) is 3.32. The Hall–Kier alpha value is -2.62. The second-order valence-corrected chi connectivity index (χ2v) is 4.11. The van der Waals surface area contributed by atoms with Crippen LogP contribution in [0.15, 0.2) is 47.1 Å². The van der Waals surface area contributed by atoms with Crippen molar-refractivity contribution in [2.24, 2.45) is 0 Å². The number of aldehydes is 1. The molecule has 4 nitrogen and oxygen atoms in total. The highest BCUT2D eigenvalue weighted by molar-refractivity contribution is 5.92. The Labute approximate surface area is 109 Å². The summed E-state index contributed by atoms with van der Waals surface area (Å²) in [4.78, 5) is 15.0. The molecule has 0 radical (unpaired) electrons. The Morgan fingerprint density at radius 2 is 2.21 bits per heavy atom. The number of furan rings is 1. The molecule has 0 amide bonds. The minimum Gasteiger partial charge on any atom is -0.493 e. The van der Waals surface area contributed by atoms with E-state index in [1.54, 1.807) is 31.6 Å². The van der Waals surface area contributed by atoms with Crippen molar-refractivity contribution in [3.63, 3.8) is 0 Å². The van der Waals surface area contributed by atoms with Crippen LogP contribution in [0.25, 0.3) is 22.3 Å². The van der Waals surface area contributed by atoms with E-state index in [1.807, 2.05) is 18.2 Å². The molecule has 0 atom stereocenters. The third kappa shape index (κ3) is 1.97. The van der Waals surface area contributed by atoms with Crippen LogP contribution in [0.4, 0.5) is 0 Å². The number of carbonyl (C=O) groups is 1. The van der Waals surface area contributed by atoms with E-state index in [9.17, 15) is 4.79 Å². The lowest BCUT2D eigenvalue weighted by Gasteiger charge is -2.01. The number of rotatable bonds is 3. The number of aromatic nitrogens is 1. The molecule has 3 aromatic rings. The van der Waals surface area contributed by atoms with Crippen LogP contribution in [0, 0.1) is 0 Å². The lowest BCUT2D eigenvalue weighted by molar-refractivity contribution is 0.112. The minimum atomic E-state index is 0.551. The zero-order valence-electron chi connectivity index (χ0n) is 10.3. The third-order valence-corrected chi connectivity index (χ3v) is 2.91. The number of fused-ring (bicyclic) bond motifs is 1. The summed E-state index contributed by atoms with van der Waals surface area (Å²) in [5.74, 6) is 1.25. The van der Waals surface area contributed by atoms with Crippen molar-refractivity contribution in [1.29, 1.82) is 0 Å². The molecular formula is C15H11NO3. The first-order valence-corrected chi connectivity index (χ1v) is 5.79. The monoisotopic (exact) mass is 253 g/mol. The Kier molecular flexibility index (Phi) is 2.76. The maximum atomic E-state index is 10.9. The summed E-state index contributed by atoms with van der Waals surface area (Å²) in [6.07, 6.45) is 4.22. The van der Waals surface area contributed by atoms with E-state index in [4.69, 9.17) is 9.15 Å². The van der Waals surface area contributed by atoms with Gasteiger partial charge in [-0.15, -0.1) is 0 Å². The van der Waals surface area contributed by atoms with E-state index in [2.05, 4.69) is 4.98 Å². The number of hydrogen-bond donors (Lipinski definition) is 0. The Balaban J connectivity index is 2.23.